The van der Waals surface area contributed by atoms with Gasteiger partial charge in [-0.2, -0.15) is 0 Å². The lowest BCUT2D eigenvalue weighted by Gasteiger charge is -2.43. The van der Waals surface area contributed by atoms with Crippen LogP contribution in [-0.4, -0.2) is 59.5 Å². The highest BCUT2D eigenvalue weighted by Crippen LogP contribution is 2.14. The smallest absolute Gasteiger partial charge is 0.237 e. The van der Waals surface area contributed by atoms with Gasteiger partial charge in [0.2, 0.25) is 5.91 Å². The molecular weight excluding hydrogens is 228 g/mol. The van der Waals surface area contributed by atoms with Crippen molar-refractivity contribution in [3.8, 4) is 0 Å². The van der Waals surface area contributed by atoms with Crippen molar-refractivity contribution in [3.05, 3.63) is 30.1 Å². The van der Waals surface area contributed by atoms with Crippen molar-refractivity contribution < 1.29 is 4.79 Å². The molecule has 0 aliphatic carbocycles. The molecule has 0 saturated carbocycles. The maximum atomic E-state index is 12.1. The van der Waals surface area contributed by atoms with Gasteiger partial charge in [-0.15, -0.1) is 0 Å². The topological polar surface area (TPSA) is 48.5 Å². The van der Waals surface area contributed by atoms with E-state index in [4.69, 9.17) is 0 Å². The van der Waals surface area contributed by atoms with Gasteiger partial charge in [0.1, 0.15) is 0 Å². The summed E-state index contributed by atoms with van der Waals surface area (Å²) in [7, 11) is 0. The number of carbonyl (C=O) groups excluding carboxylic acids is 1. The number of piperazine rings is 2. The zero-order valence-electron chi connectivity index (χ0n) is 10.4. The molecule has 1 unspecified atom stereocenters. The molecule has 96 valence electrons. The van der Waals surface area contributed by atoms with Gasteiger partial charge in [-0.05, 0) is 12.1 Å². The Morgan fingerprint density at radius 2 is 2.39 bits per heavy atom. The molecule has 1 atom stereocenters. The Hall–Kier alpha value is -1.46. The molecule has 3 rings (SSSR count). The molecule has 2 aliphatic rings. The Bertz CT molecular complexity index is 422. The molecule has 0 bridgehead atoms. The summed E-state index contributed by atoms with van der Waals surface area (Å²) in [6, 6.07) is 6.24. The summed E-state index contributed by atoms with van der Waals surface area (Å²) in [4.78, 5) is 20.6. The summed E-state index contributed by atoms with van der Waals surface area (Å²) >= 11 is 0. The summed E-state index contributed by atoms with van der Waals surface area (Å²) < 4.78 is 0. The molecule has 1 N–H and O–H groups in total. The Labute approximate surface area is 107 Å². The quantitative estimate of drug-likeness (QED) is 0.778. The monoisotopic (exact) mass is 246 g/mol. The van der Waals surface area contributed by atoms with Crippen LogP contribution in [0.2, 0.25) is 0 Å². The van der Waals surface area contributed by atoms with E-state index in [1.54, 1.807) is 6.20 Å². The highest BCUT2D eigenvalue weighted by molar-refractivity contribution is 5.79. The van der Waals surface area contributed by atoms with Gasteiger partial charge in [-0.1, -0.05) is 6.07 Å². The molecule has 2 saturated heterocycles. The Balaban J connectivity index is 1.66. The van der Waals surface area contributed by atoms with Crippen molar-refractivity contribution >= 4 is 5.91 Å². The van der Waals surface area contributed by atoms with Gasteiger partial charge in [0, 0.05) is 38.9 Å². The Kier molecular flexibility index (Phi) is 3.25. The minimum absolute atomic E-state index is 0.253. The van der Waals surface area contributed by atoms with Crippen LogP contribution in [0.1, 0.15) is 5.69 Å². The van der Waals surface area contributed by atoms with Gasteiger partial charge in [-0.25, -0.2) is 0 Å². The number of rotatable bonds is 2. The lowest BCUT2D eigenvalue weighted by atomic mass is 10.1. The first-order valence-electron chi connectivity index (χ1n) is 6.45. The zero-order valence-corrected chi connectivity index (χ0v) is 10.4. The molecule has 0 spiro atoms. The SMILES string of the molecule is O=C1CN(Cc2ccccn2)CC2CNCCN12. The molecule has 1 amide bonds. The molecule has 2 fully saturated rings. The fraction of sp³-hybridized carbons (Fsp3) is 0.538. The Morgan fingerprint density at radius 3 is 3.22 bits per heavy atom. The van der Waals surface area contributed by atoms with Gasteiger partial charge in [-0.3, -0.25) is 14.7 Å². The third-order valence-electron chi connectivity index (χ3n) is 3.61. The van der Waals surface area contributed by atoms with Crippen LogP contribution in [0.5, 0.6) is 0 Å². The average molecular weight is 246 g/mol. The second-order valence-corrected chi connectivity index (χ2v) is 4.94. The predicted molar refractivity (Wildman–Crippen MR) is 67.9 cm³/mol. The minimum atomic E-state index is 0.253. The van der Waals surface area contributed by atoms with Gasteiger partial charge in [0.05, 0.1) is 18.3 Å². The lowest BCUT2D eigenvalue weighted by molar-refractivity contribution is -0.141. The molecule has 5 heteroatoms. The Morgan fingerprint density at radius 1 is 1.44 bits per heavy atom. The van der Waals surface area contributed by atoms with Crippen molar-refractivity contribution in [2.45, 2.75) is 12.6 Å². The number of pyridine rings is 1. The number of hydrogen-bond donors (Lipinski definition) is 1. The molecular formula is C13H18N4O. The molecule has 0 aromatic carbocycles. The van der Waals surface area contributed by atoms with Gasteiger partial charge in [0.15, 0.2) is 0 Å². The lowest BCUT2D eigenvalue weighted by Crippen LogP contribution is -2.63. The van der Waals surface area contributed by atoms with Crippen molar-refractivity contribution in [2.75, 3.05) is 32.7 Å². The molecule has 2 aliphatic heterocycles. The summed E-state index contributed by atoms with van der Waals surface area (Å²) in [6.45, 7) is 4.90. The van der Waals surface area contributed by atoms with E-state index in [0.717, 1.165) is 38.4 Å². The number of hydrogen-bond acceptors (Lipinski definition) is 4. The number of amides is 1. The fourth-order valence-corrected chi connectivity index (χ4v) is 2.74. The minimum Gasteiger partial charge on any atom is -0.335 e. The first-order chi connectivity index (χ1) is 8.83. The standard InChI is InChI=1S/C13H18N4O/c18-13-10-16(8-11-3-1-2-4-15-11)9-12-7-14-5-6-17(12)13/h1-4,12,14H,5-10H2. The van der Waals surface area contributed by atoms with E-state index in [1.807, 2.05) is 23.1 Å². The van der Waals surface area contributed by atoms with Crippen LogP contribution >= 0.6 is 0 Å². The molecule has 0 radical (unpaired) electrons. The van der Waals surface area contributed by atoms with E-state index in [0.29, 0.717) is 12.6 Å². The van der Waals surface area contributed by atoms with E-state index in [-0.39, 0.29) is 5.91 Å². The van der Waals surface area contributed by atoms with Gasteiger partial charge in [0.25, 0.3) is 0 Å². The van der Waals surface area contributed by atoms with E-state index < -0.39 is 0 Å². The predicted octanol–water partition coefficient (Wildman–Crippen LogP) is -0.302. The molecule has 18 heavy (non-hydrogen) atoms. The highest BCUT2D eigenvalue weighted by Gasteiger charge is 2.33. The summed E-state index contributed by atoms with van der Waals surface area (Å²) in [5.41, 5.74) is 1.03. The van der Waals surface area contributed by atoms with Crippen LogP contribution in [0.15, 0.2) is 24.4 Å². The van der Waals surface area contributed by atoms with Crippen molar-refractivity contribution in [3.63, 3.8) is 0 Å². The van der Waals surface area contributed by atoms with E-state index in [1.165, 1.54) is 0 Å². The average Bonchev–Trinajstić information content (AvgIpc) is 2.40. The van der Waals surface area contributed by atoms with E-state index in [9.17, 15) is 4.79 Å². The summed E-state index contributed by atoms with van der Waals surface area (Å²) in [6.07, 6.45) is 1.80. The van der Waals surface area contributed by atoms with E-state index in [2.05, 4.69) is 15.2 Å². The van der Waals surface area contributed by atoms with Crippen LogP contribution in [0.4, 0.5) is 0 Å². The number of fused-ring (bicyclic) bond motifs is 1. The van der Waals surface area contributed by atoms with Crippen molar-refractivity contribution in [1.82, 2.24) is 20.1 Å². The van der Waals surface area contributed by atoms with Crippen LogP contribution in [-0.2, 0) is 11.3 Å². The fourth-order valence-electron chi connectivity index (χ4n) is 2.74. The highest BCUT2D eigenvalue weighted by atomic mass is 16.2. The van der Waals surface area contributed by atoms with E-state index >= 15 is 0 Å². The number of carbonyl (C=O) groups is 1. The number of nitrogens with one attached hydrogen (secondary N) is 1. The van der Waals surface area contributed by atoms with Crippen molar-refractivity contribution in [2.24, 2.45) is 0 Å². The van der Waals surface area contributed by atoms with Gasteiger partial charge < -0.3 is 10.2 Å². The number of nitrogens with zero attached hydrogens (tertiary/aromatic N) is 3. The molecule has 1 aromatic rings. The first kappa shape index (κ1) is 11.6. The normalized spacial score (nSPS) is 25.0. The third kappa shape index (κ3) is 2.37. The maximum absolute atomic E-state index is 12.1. The second kappa shape index (κ2) is 5.04. The van der Waals surface area contributed by atoms with Crippen molar-refractivity contribution in [1.29, 1.82) is 0 Å². The zero-order chi connectivity index (χ0) is 12.4. The van der Waals surface area contributed by atoms with Crippen LogP contribution < -0.4 is 5.32 Å². The summed E-state index contributed by atoms with van der Waals surface area (Å²) in [5, 5.41) is 3.35. The third-order valence-corrected chi connectivity index (χ3v) is 3.61. The second-order valence-electron chi connectivity index (χ2n) is 4.94. The molecule has 1 aromatic heterocycles. The molecule has 5 nitrogen and oxygen atoms in total. The van der Waals surface area contributed by atoms with Gasteiger partial charge >= 0.3 is 0 Å². The number of aromatic nitrogens is 1. The largest absolute Gasteiger partial charge is 0.335 e. The van der Waals surface area contributed by atoms with Crippen LogP contribution in [0, 0.1) is 0 Å². The summed E-state index contributed by atoms with van der Waals surface area (Å²) in [5.74, 6) is 0.253. The van der Waals surface area contributed by atoms with Crippen LogP contribution in [0.25, 0.3) is 0 Å². The van der Waals surface area contributed by atoms with Crippen LogP contribution in [0.3, 0.4) is 0 Å². The first-order valence-corrected chi connectivity index (χ1v) is 6.45. The maximum Gasteiger partial charge on any atom is 0.237 e. The molecule has 3 heterocycles.